The van der Waals surface area contributed by atoms with E-state index in [1.807, 2.05) is 0 Å². The first-order valence-electron chi connectivity index (χ1n) is 6.81. The van der Waals surface area contributed by atoms with Gasteiger partial charge >= 0.3 is 0 Å². The maximum absolute atomic E-state index is 6.10. The molecule has 0 amide bonds. The first-order chi connectivity index (χ1) is 8.22. The summed E-state index contributed by atoms with van der Waals surface area (Å²) in [6.45, 7) is 4.25. The van der Waals surface area contributed by atoms with E-state index in [9.17, 15) is 0 Å². The van der Waals surface area contributed by atoms with E-state index in [0.717, 1.165) is 12.2 Å². The third kappa shape index (κ3) is 2.86. The molecule has 4 nitrogen and oxygen atoms in total. The zero-order chi connectivity index (χ0) is 12.3. The third-order valence-corrected chi connectivity index (χ3v) is 3.97. The van der Waals surface area contributed by atoms with Gasteiger partial charge in [0.05, 0.1) is 6.04 Å². The molecule has 17 heavy (non-hydrogen) atoms. The summed E-state index contributed by atoms with van der Waals surface area (Å²) in [5.74, 6) is 2.36. The van der Waals surface area contributed by atoms with Crippen molar-refractivity contribution in [3.63, 3.8) is 0 Å². The molecule has 1 saturated carbocycles. The molecule has 0 saturated heterocycles. The van der Waals surface area contributed by atoms with Gasteiger partial charge in [-0.3, -0.25) is 0 Å². The van der Waals surface area contributed by atoms with Crippen LogP contribution in [0.4, 0.5) is 0 Å². The summed E-state index contributed by atoms with van der Waals surface area (Å²) in [5, 5.41) is 4.11. The molecule has 1 aliphatic carbocycles. The van der Waals surface area contributed by atoms with Gasteiger partial charge in [0, 0.05) is 5.92 Å². The number of nitrogens with zero attached hydrogens (tertiary/aromatic N) is 2. The van der Waals surface area contributed by atoms with Crippen molar-refractivity contribution >= 4 is 0 Å². The van der Waals surface area contributed by atoms with Crippen LogP contribution in [0.5, 0.6) is 0 Å². The van der Waals surface area contributed by atoms with Crippen LogP contribution < -0.4 is 5.73 Å². The number of aromatic nitrogens is 2. The highest BCUT2D eigenvalue weighted by Crippen LogP contribution is 2.31. The fourth-order valence-corrected chi connectivity index (χ4v) is 2.41. The molecule has 2 rings (SSSR count). The third-order valence-electron chi connectivity index (χ3n) is 3.97. The molecule has 1 aromatic heterocycles. The summed E-state index contributed by atoms with van der Waals surface area (Å²) in [6.07, 6.45) is 7.32. The van der Waals surface area contributed by atoms with Crippen molar-refractivity contribution < 1.29 is 4.52 Å². The highest BCUT2D eigenvalue weighted by Gasteiger charge is 2.24. The second-order valence-electron chi connectivity index (χ2n) is 5.24. The summed E-state index contributed by atoms with van der Waals surface area (Å²) < 4.78 is 5.32. The largest absolute Gasteiger partial charge is 0.338 e. The molecule has 2 unspecified atom stereocenters. The van der Waals surface area contributed by atoms with Crippen molar-refractivity contribution in [3.8, 4) is 0 Å². The normalized spacial score (nSPS) is 21.4. The smallest absolute Gasteiger partial charge is 0.243 e. The molecule has 2 atom stereocenters. The van der Waals surface area contributed by atoms with Crippen molar-refractivity contribution in [2.45, 2.75) is 64.3 Å². The zero-order valence-electron chi connectivity index (χ0n) is 10.9. The molecule has 1 aromatic rings. The lowest BCUT2D eigenvalue weighted by atomic mass is 9.89. The average molecular weight is 237 g/mol. The highest BCUT2D eigenvalue weighted by atomic mass is 16.5. The number of hydrogen-bond donors (Lipinski definition) is 1. The quantitative estimate of drug-likeness (QED) is 0.873. The maximum atomic E-state index is 6.10. The van der Waals surface area contributed by atoms with Crippen LogP contribution in [0.15, 0.2) is 4.52 Å². The Bertz CT molecular complexity index is 328. The molecule has 0 spiro atoms. The molecule has 0 bridgehead atoms. The number of nitrogens with two attached hydrogens (primary N) is 1. The van der Waals surface area contributed by atoms with E-state index < -0.39 is 0 Å². The van der Waals surface area contributed by atoms with Crippen LogP contribution in [-0.4, -0.2) is 10.1 Å². The zero-order valence-corrected chi connectivity index (χ0v) is 10.9. The van der Waals surface area contributed by atoms with Gasteiger partial charge in [-0.2, -0.15) is 4.98 Å². The summed E-state index contributed by atoms with van der Waals surface area (Å²) in [7, 11) is 0. The average Bonchev–Trinajstić information content (AvgIpc) is 2.87. The summed E-state index contributed by atoms with van der Waals surface area (Å²) >= 11 is 0. The van der Waals surface area contributed by atoms with Crippen LogP contribution in [0.25, 0.3) is 0 Å². The molecule has 4 heteroatoms. The fourth-order valence-electron chi connectivity index (χ4n) is 2.41. The van der Waals surface area contributed by atoms with Gasteiger partial charge in [-0.05, 0) is 18.8 Å². The van der Waals surface area contributed by atoms with E-state index in [-0.39, 0.29) is 6.04 Å². The SMILES string of the molecule is CCC(C)C(N)c1nc(C2CCCCC2)no1. The lowest BCUT2D eigenvalue weighted by Crippen LogP contribution is -2.19. The second-order valence-corrected chi connectivity index (χ2v) is 5.24. The van der Waals surface area contributed by atoms with Crippen LogP contribution in [0.3, 0.4) is 0 Å². The second kappa shape index (κ2) is 5.63. The molecule has 96 valence electrons. The van der Waals surface area contributed by atoms with Crippen molar-refractivity contribution in [2.75, 3.05) is 0 Å². The molecule has 0 aliphatic heterocycles. The topological polar surface area (TPSA) is 64.9 Å². The molecule has 2 N–H and O–H groups in total. The predicted octanol–water partition coefficient (Wildman–Crippen LogP) is 3.16. The van der Waals surface area contributed by atoms with Gasteiger partial charge < -0.3 is 10.3 Å². The molecular weight excluding hydrogens is 214 g/mol. The molecule has 0 radical (unpaired) electrons. The summed E-state index contributed by atoms with van der Waals surface area (Å²) in [4.78, 5) is 4.50. The van der Waals surface area contributed by atoms with Gasteiger partial charge in [0.15, 0.2) is 5.82 Å². The Hall–Kier alpha value is -0.900. The first-order valence-corrected chi connectivity index (χ1v) is 6.81. The Balaban J connectivity index is 2.04. The van der Waals surface area contributed by atoms with Crippen molar-refractivity contribution in [1.82, 2.24) is 10.1 Å². The molecule has 1 fully saturated rings. The summed E-state index contributed by atoms with van der Waals surface area (Å²) in [5.41, 5.74) is 6.10. The van der Waals surface area contributed by atoms with Gasteiger partial charge in [-0.15, -0.1) is 0 Å². The lowest BCUT2D eigenvalue weighted by molar-refractivity contribution is 0.307. The highest BCUT2D eigenvalue weighted by molar-refractivity contribution is 4.99. The van der Waals surface area contributed by atoms with Crippen molar-refractivity contribution in [1.29, 1.82) is 0 Å². The van der Waals surface area contributed by atoms with Crippen LogP contribution in [0.2, 0.25) is 0 Å². The monoisotopic (exact) mass is 237 g/mol. The Morgan fingerprint density at radius 3 is 2.71 bits per heavy atom. The van der Waals surface area contributed by atoms with E-state index in [1.54, 1.807) is 0 Å². The molecule has 1 aliphatic rings. The standard InChI is InChI=1S/C13H23N3O/c1-3-9(2)11(14)13-15-12(16-17-13)10-7-5-4-6-8-10/h9-11H,3-8,14H2,1-2H3. The Labute approximate surface area is 103 Å². The van der Waals surface area contributed by atoms with Gasteiger partial charge in [-0.25, -0.2) is 0 Å². The fraction of sp³-hybridized carbons (Fsp3) is 0.846. The van der Waals surface area contributed by atoms with Crippen LogP contribution in [0.1, 0.15) is 76.0 Å². The minimum Gasteiger partial charge on any atom is -0.338 e. The number of hydrogen-bond acceptors (Lipinski definition) is 4. The number of rotatable bonds is 4. The Morgan fingerprint density at radius 2 is 2.06 bits per heavy atom. The van der Waals surface area contributed by atoms with Gasteiger partial charge in [-0.1, -0.05) is 44.7 Å². The van der Waals surface area contributed by atoms with Crippen LogP contribution in [-0.2, 0) is 0 Å². The van der Waals surface area contributed by atoms with Gasteiger partial charge in [0.1, 0.15) is 0 Å². The summed E-state index contributed by atoms with van der Waals surface area (Å²) in [6, 6.07) is -0.121. The first kappa shape index (κ1) is 12.6. The molecule has 0 aromatic carbocycles. The Kier molecular flexibility index (Phi) is 4.15. The van der Waals surface area contributed by atoms with Gasteiger partial charge in [0.2, 0.25) is 5.89 Å². The van der Waals surface area contributed by atoms with Gasteiger partial charge in [0.25, 0.3) is 0 Å². The van der Waals surface area contributed by atoms with Crippen molar-refractivity contribution in [2.24, 2.45) is 11.7 Å². The minimum atomic E-state index is -0.121. The maximum Gasteiger partial charge on any atom is 0.243 e. The predicted molar refractivity (Wildman–Crippen MR) is 66.5 cm³/mol. The van der Waals surface area contributed by atoms with E-state index in [0.29, 0.717) is 17.7 Å². The van der Waals surface area contributed by atoms with E-state index in [4.69, 9.17) is 10.3 Å². The van der Waals surface area contributed by atoms with Crippen LogP contribution >= 0.6 is 0 Å². The van der Waals surface area contributed by atoms with Crippen molar-refractivity contribution in [3.05, 3.63) is 11.7 Å². The van der Waals surface area contributed by atoms with E-state index in [2.05, 4.69) is 24.0 Å². The molecule has 1 heterocycles. The van der Waals surface area contributed by atoms with E-state index in [1.165, 1.54) is 32.1 Å². The minimum absolute atomic E-state index is 0.121. The Morgan fingerprint density at radius 1 is 1.35 bits per heavy atom. The van der Waals surface area contributed by atoms with Crippen LogP contribution in [0, 0.1) is 5.92 Å². The van der Waals surface area contributed by atoms with E-state index >= 15 is 0 Å². The lowest BCUT2D eigenvalue weighted by Gasteiger charge is -2.17. The molecular formula is C13H23N3O.